The number of hydrogen-bond donors (Lipinski definition) is 2. The lowest BCUT2D eigenvalue weighted by molar-refractivity contribution is -0.120. The minimum absolute atomic E-state index is 0.0340. The van der Waals surface area contributed by atoms with Crippen molar-refractivity contribution in [2.75, 3.05) is 24.5 Å². The summed E-state index contributed by atoms with van der Waals surface area (Å²) in [7, 11) is -3.71. The van der Waals surface area contributed by atoms with E-state index in [0.717, 1.165) is 11.3 Å². The Morgan fingerprint density at radius 3 is 2.68 bits per heavy atom. The van der Waals surface area contributed by atoms with Gasteiger partial charge in [-0.1, -0.05) is 42.5 Å². The molecule has 8 nitrogen and oxygen atoms in total. The summed E-state index contributed by atoms with van der Waals surface area (Å²) in [6.07, 6.45) is 1.71. The molecule has 0 spiro atoms. The number of nitrogens with zero attached hydrogens (tertiary/aromatic N) is 3. The molecular formula is C25H23N5O3S. The monoisotopic (exact) mass is 473 g/mol. The van der Waals surface area contributed by atoms with E-state index in [2.05, 4.69) is 15.0 Å². The number of rotatable bonds is 6. The van der Waals surface area contributed by atoms with E-state index in [4.69, 9.17) is 4.98 Å². The standard InChI is InChI=1S/C25H23N5O3S/c31-24-17-30(14-13-27-24)23-11-12-26-22-10-9-21(29-25(22)23)19-7-4-8-20(15-19)34(32,33)28-16-18-5-2-1-3-6-18/h1-12,15,28H,13-14,16-17H2,(H,27,31). The topological polar surface area (TPSA) is 104 Å². The van der Waals surface area contributed by atoms with Gasteiger partial charge >= 0.3 is 0 Å². The van der Waals surface area contributed by atoms with E-state index in [1.54, 1.807) is 24.4 Å². The summed E-state index contributed by atoms with van der Waals surface area (Å²) in [6, 6.07) is 21.6. The Morgan fingerprint density at radius 2 is 1.85 bits per heavy atom. The molecule has 5 rings (SSSR count). The molecule has 4 aromatic rings. The third kappa shape index (κ3) is 4.61. The van der Waals surface area contributed by atoms with Gasteiger partial charge in [-0.2, -0.15) is 0 Å². The third-order valence-electron chi connectivity index (χ3n) is 5.69. The first kappa shape index (κ1) is 22.0. The molecule has 1 aliphatic rings. The fourth-order valence-corrected chi connectivity index (χ4v) is 5.02. The highest BCUT2D eigenvalue weighted by Gasteiger charge is 2.20. The van der Waals surface area contributed by atoms with Crippen molar-refractivity contribution >= 4 is 32.7 Å². The molecule has 2 aromatic heterocycles. The molecular weight excluding hydrogens is 450 g/mol. The number of hydrogen-bond acceptors (Lipinski definition) is 6. The zero-order valence-corrected chi connectivity index (χ0v) is 19.1. The predicted molar refractivity (Wildman–Crippen MR) is 131 cm³/mol. The minimum Gasteiger partial charge on any atom is -0.359 e. The first-order valence-electron chi connectivity index (χ1n) is 10.9. The van der Waals surface area contributed by atoms with Crippen LogP contribution >= 0.6 is 0 Å². The van der Waals surface area contributed by atoms with Gasteiger partial charge in [0.05, 0.1) is 28.3 Å². The molecule has 172 valence electrons. The number of fused-ring (bicyclic) bond motifs is 1. The highest BCUT2D eigenvalue weighted by atomic mass is 32.2. The Balaban J connectivity index is 1.46. The highest BCUT2D eigenvalue weighted by Crippen LogP contribution is 2.28. The van der Waals surface area contributed by atoms with Crippen molar-refractivity contribution in [1.29, 1.82) is 0 Å². The number of carbonyl (C=O) groups is 1. The maximum atomic E-state index is 12.9. The van der Waals surface area contributed by atoms with Gasteiger partial charge in [0.1, 0.15) is 5.52 Å². The minimum atomic E-state index is -3.71. The van der Waals surface area contributed by atoms with Gasteiger partial charge < -0.3 is 10.2 Å². The van der Waals surface area contributed by atoms with Crippen LogP contribution in [0.4, 0.5) is 5.69 Å². The van der Waals surface area contributed by atoms with Crippen molar-refractivity contribution in [1.82, 2.24) is 20.0 Å². The van der Waals surface area contributed by atoms with Crippen molar-refractivity contribution in [3.05, 3.63) is 84.6 Å². The van der Waals surface area contributed by atoms with Gasteiger partial charge in [0.15, 0.2) is 0 Å². The van der Waals surface area contributed by atoms with Crippen LogP contribution in [0.3, 0.4) is 0 Å². The Bertz CT molecular complexity index is 1460. The number of pyridine rings is 2. The Morgan fingerprint density at radius 1 is 1.00 bits per heavy atom. The van der Waals surface area contributed by atoms with Crippen molar-refractivity contribution in [3.8, 4) is 11.3 Å². The maximum absolute atomic E-state index is 12.9. The average Bonchev–Trinajstić information content (AvgIpc) is 2.87. The van der Waals surface area contributed by atoms with Crippen LogP contribution in [0.2, 0.25) is 0 Å². The summed E-state index contributed by atoms with van der Waals surface area (Å²) in [6.45, 7) is 1.71. The van der Waals surface area contributed by atoms with Gasteiger partial charge in [-0.3, -0.25) is 9.78 Å². The number of aromatic nitrogens is 2. The summed E-state index contributed by atoms with van der Waals surface area (Å²) in [5.74, 6) is -0.0340. The average molecular weight is 474 g/mol. The number of anilines is 1. The molecule has 0 atom stereocenters. The number of piperazine rings is 1. The zero-order chi connectivity index (χ0) is 23.5. The molecule has 0 aliphatic carbocycles. The van der Waals surface area contributed by atoms with Crippen LogP contribution in [0.5, 0.6) is 0 Å². The van der Waals surface area contributed by atoms with Crippen molar-refractivity contribution in [2.24, 2.45) is 0 Å². The van der Waals surface area contributed by atoms with Crippen LogP contribution in [-0.4, -0.2) is 43.9 Å². The smallest absolute Gasteiger partial charge is 0.240 e. The second-order valence-electron chi connectivity index (χ2n) is 8.00. The zero-order valence-electron chi connectivity index (χ0n) is 18.3. The van der Waals surface area contributed by atoms with Crippen molar-refractivity contribution in [3.63, 3.8) is 0 Å². The molecule has 0 saturated carbocycles. The van der Waals surface area contributed by atoms with Crippen molar-refractivity contribution in [2.45, 2.75) is 11.4 Å². The molecule has 1 fully saturated rings. The molecule has 1 saturated heterocycles. The molecule has 0 bridgehead atoms. The highest BCUT2D eigenvalue weighted by molar-refractivity contribution is 7.89. The lowest BCUT2D eigenvalue weighted by Crippen LogP contribution is -2.47. The van der Waals surface area contributed by atoms with E-state index in [9.17, 15) is 13.2 Å². The van der Waals surface area contributed by atoms with Crippen LogP contribution in [0.1, 0.15) is 5.56 Å². The summed E-state index contributed by atoms with van der Waals surface area (Å²) in [4.78, 5) is 23.3. The second kappa shape index (κ2) is 9.20. The van der Waals surface area contributed by atoms with Crippen molar-refractivity contribution < 1.29 is 13.2 Å². The van der Waals surface area contributed by atoms with Gasteiger partial charge in [0.2, 0.25) is 15.9 Å². The Labute approximate surface area is 197 Å². The van der Waals surface area contributed by atoms with E-state index < -0.39 is 10.0 Å². The quantitative estimate of drug-likeness (QED) is 0.446. The first-order valence-corrected chi connectivity index (χ1v) is 12.4. The number of benzene rings is 2. The number of nitrogens with one attached hydrogen (secondary N) is 2. The van der Waals surface area contributed by atoms with E-state index in [-0.39, 0.29) is 23.9 Å². The number of carbonyl (C=O) groups excluding carboxylic acids is 1. The van der Waals surface area contributed by atoms with E-state index in [1.807, 2.05) is 59.5 Å². The first-order chi connectivity index (χ1) is 16.5. The van der Waals surface area contributed by atoms with E-state index >= 15 is 0 Å². The maximum Gasteiger partial charge on any atom is 0.240 e. The van der Waals surface area contributed by atoms with Gasteiger partial charge in [0.25, 0.3) is 0 Å². The third-order valence-corrected chi connectivity index (χ3v) is 7.09. The summed E-state index contributed by atoms with van der Waals surface area (Å²) < 4.78 is 28.5. The predicted octanol–water partition coefficient (Wildman–Crippen LogP) is 2.71. The van der Waals surface area contributed by atoms with Crippen LogP contribution in [0.25, 0.3) is 22.3 Å². The molecule has 9 heteroatoms. The molecule has 0 radical (unpaired) electrons. The largest absolute Gasteiger partial charge is 0.359 e. The Kier molecular flexibility index (Phi) is 5.95. The molecule has 1 aliphatic heterocycles. The van der Waals surface area contributed by atoms with Gasteiger partial charge in [0, 0.05) is 31.4 Å². The molecule has 3 heterocycles. The lowest BCUT2D eigenvalue weighted by atomic mass is 10.1. The van der Waals surface area contributed by atoms with Gasteiger partial charge in [-0.05, 0) is 35.9 Å². The summed E-state index contributed by atoms with van der Waals surface area (Å²) in [5.41, 5.74) is 4.39. The SMILES string of the molecule is O=C1CN(c2ccnc3ccc(-c4cccc(S(=O)(=O)NCc5ccccc5)c4)nc23)CCN1. The summed E-state index contributed by atoms with van der Waals surface area (Å²) in [5, 5.41) is 2.83. The number of sulfonamides is 1. The normalized spacial score (nSPS) is 14.2. The molecule has 34 heavy (non-hydrogen) atoms. The van der Waals surface area contributed by atoms with Gasteiger partial charge in [-0.15, -0.1) is 0 Å². The van der Waals surface area contributed by atoms with Crippen LogP contribution in [0.15, 0.2) is 83.9 Å². The Hall–Kier alpha value is -3.82. The van der Waals surface area contributed by atoms with E-state index in [1.165, 1.54) is 0 Å². The number of amides is 1. The fraction of sp³-hybridized carbons (Fsp3) is 0.160. The van der Waals surface area contributed by atoms with Crippen LogP contribution < -0.4 is 14.9 Å². The van der Waals surface area contributed by atoms with Crippen LogP contribution in [-0.2, 0) is 21.4 Å². The molecule has 2 N–H and O–H groups in total. The molecule has 2 aromatic carbocycles. The second-order valence-corrected chi connectivity index (χ2v) is 9.77. The summed E-state index contributed by atoms with van der Waals surface area (Å²) >= 11 is 0. The molecule has 1 amide bonds. The molecule has 0 unspecified atom stereocenters. The lowest BCUT2D eigenvalue weighted by Gasteiger charge is -2.29. The van der Waals surface area contributed by atoms with E-state index in [0.29, 0.717) is 35.4 Å². The van der Waals surface area contributed by atoms with Crippen LogP contribution in [0, 0.1) is 0 Å². The van der Waals surface area contributed by atoms with Gasteiger partial charge in [-0.25, -0.2) is 18.1 Å². The fourth-order valence-electron chi connectivity index (χ4n) is 3.95.